The van der Waals surface area contributed by atoms with Crippen molar-refractivity contribution in [1.82, 2.24) is 10.6 Å². The molecule has 2 aromatic carbocycles. The lowest BCUT2D eigenvalue weighted by Gasteiger charge is -2.56. The second-order valence-corrected chi connectivity index (χ2v) is 22.8. The fourth-order valence-electron chi connectivity index (χ4n) is 12.0. The topological polar surface area (TPSA) is 174 Å². The lowest BCUT2D eigenvalue weighted by molar-refractivity contribution is -0.168. The number of Topliss-reactive ketones (excluding diaryl/α,β-unsaturated/α-hetero) is 1. The molecule has 2 saturated carbocycles. The van der Waals surface area contributed by atoms with Crippen LogP contribution in [-0.2, 0) is 33.6 Å². The van der Waals surface area contributed by atoms with Crippen LogP contribution in [0.25, 0.3) is 0 Å². The largest absolute Gasteiger partial charge is 0.393 e. The zero-order chi connectivity index (χ0) is 48.0. The maximum atomic E-state index is 14.9. The fraction of sp³-hybridized carbons (Fsp3) is 0.536. The van der Waals surface area contributed by atoms with Crippen LogP contribution < -0.4 is 16.4 Å². The third-order valence-electron chi connectivity index (χ3n) is 15.8. The summed E-state index contributed by atoms with van der Waals surface area (Å²) in [6, 6.07) is 12.9. The number of benzene rings is 2. The van der Waals surface area contributed by atoms with E-state index in [-0.39, 0.29) is 43.3 Å². The van der Waals surface area contributed by atoms with E-state index in [9.17, 15) is 30.0 Å². The number of hydrogen-bond acceptors (Lipinski definition) is 11. The smallest absolute Gasteiger partial charge is 0.243 e. The fourth-order valence-corrected chi connectivity index (χ4v) is 14.1. The summed E-state index contributed by atoms with van der Waals surface area (Å²) in [7, 11) is 3.64. The van der Waals surface area contributed by atoms with Gasteiger partial charge in [0.25, 0.3) is 0 Å². The Morgan fingerprint density at radius 3 is 2.63 bits per heavy atom. The molecule has 8 N–H and O–H groups in total. The number of allylic oxidation sites excluding steroid dienone is 8. The molecule has 8 rings (SSSR count). The Morgan fingerprint density at radius 2 is 1.78 bits per heavy atom. The number of β-amino-alcohol motifs (C(OH)–C–C–N with tert-alkyl or cyclic N) is 1. The molecule has 0 aromatic heterocycles. The van der Waals surface area contributed by atoms with Gasteiger partial charge >= 0.3 is 0 Å². The molecule has 2 aromatic rings. The molecule has 1 amide bonds. The summed E-state index contributed by atoms with van der Waals surface area (Å²) in [5.74, 6) is 7.36. The van der Waals surface area contributed by atoms with Crippen molar-refractivity contribution in [3.63, 3.8) is 0 Å². The SMILES string of the molecule is C=C1C=CC=C(C2CCC3(C4CCC(O)Cc5cccc(c5)CCC(O)CNC5C(=O)NC(N)c6cccc(c65)CC(=O)C(C)=C4CCC3(C)O)C2O)COC2C#CCC(=CCC1)CCSSC2. The van der Waals surface area contributed by atoms with E-state index in [2.05, 4.69) is 47.3 Å². The van der Waals surface area contributed by atoms with Crippen molar-refractivity contribution in [2.24, 2.45) is 23.0 Å². The normalized spacial score (nSPS) is 33.8. The van der Waals surface area contributed by atoms with Gasteiger partial charge < -0.3 is 36.2 Å². The molecule has 68 heavy (non-hydrogen) atoms. The highest BCUT2D eigenvalue weighted by Gasteiger charge is 2.64. The number of hydrogen-bond donors (Lipinski definition) is 7. The van der Waals surface area contributed by atoms with Gasteiger partial charge in [-0.05, 0) is 136 Å². The van der Waals surface area contributed by atoms with Crippen molar-refractivity contribution in [3.05, 3.63) is 129 Å². The summed E-state index contributed by atoms with van der Waals surface area (Å²) >= 11 is 0. The molecule has 6 aliphatic rings. The Morgan fingerprint density at radius 1 is 0.956 bits per heavy atom. The first-order chi connectivity index (χ1) is 32.7. The third kappa shape index (κ3) is 11.4. The lowest BCUT2D eigenvalue weighted by Crippen LogP contribution is -2.59. The molecule has 4 aliphatic heterocycles. The number of fused-ring (bicyclic) bond motifs is 7. The van der Waals surface area contributed by atoms with E-state index in [0.717, 1.165) is 65.0 Å². The average Bonchev–Trinajstić information content (AvgIpc) is 3.65. The molecule has 10 atom stereocenters. The number of ether oxygens (including phenoxy) is 1. The van der Waals surface area contributed by atoms with E-state index in [1.54, 1.807) is 10.8 Å². The van der Waals surface area contributed by atoms with E-state index >= 15 is 0 Å². The first-order valence-electron chi connectivity index (χ1n) is 24.8. The summed E-state index contributed by atoms with van der Waals surface area (Å²) < 4.78 is 6.66. The molecule has 1 spiro atoms. The van der Waals surface area contributed by atoms with E-state index in [4.69, 9.17) is 10.5 Å². The lowest BCUT2D eigenvalue weighted by atomic mass is 9.52. The summed E-state index contributed by atoms with van der Waals surface area (Å²) in [5, 5.41) is 55.1. The minimum Gasteiger partial charge on any atom is -0.393 e. The van der Waals surface area contributed by atoms with Crippen LogP contribution in [0.5, 0.6) is 0 Å². The zero-order valence-electron chi connectivity index (χ0n) is 39.8. The number of nitrogens with one attached hydrogen (secondary N) is 2. The van der Waals surface area contributed by atoms with Crippen LogP contribution in [-0.4, -0.2) is 86.8 Å². The third-order valence-corrected chi connectivity index (χ3v) is 18.2. The van der Waals surface area contributed by atoms with Gasteiger partial charge in [0.05, 0.1) is 30.5 Å². The molecular weight excluding hydrogens is 891 g/mol. The summed E-state index contributed by atoms with van der Waals surface area (Å²) in [5.41, 5.74) is 13.0. The summed E-state index contributed by atoms with van der Waals surface area (Å²) in [6.07, 6.45) is 12.7. The number of aliphatic hydroxyl groups excluding tert-OH is 3. The average molecular weight is 962 g/mol. The van der Waals surface area contributed by atoms with E-state index in [0.29, 0.717) is 80.1 Å². The van der Waals surface area contributed by atoms with E-state index in [1.807, 2.05) is 73.2 Å². The van der Waals surface area contributed by atoms with Crippen molar-refractivity contribution in [2.75, 3.05) is 24.7 Å². The molecule has 4 bridgehead atoms. The molecule has 10 nitrogen and oxygen atoms in total. The van der Waals surface area contributed by atoms with E-state index in [1.165, 1.54) is 5.57 Å². The second kappa shape index (κ2) is 22.6. The van der Waals surface area contributed by atoms with Crippen LogP contribution in [0.3, 0.4) is 0 Å². The minimum atomic E-state index is -1.30. The van der Waals surface area contributed by atoms with E-state index < -0.39 is 47.5 Å². The first-order valence-corrected chi connectivity index (χ1v) is 27.3. The Bertz CT molecular complexity index is 2400. The number of carbonyl (C=O) groups is 2. The Kier molecular flexibility index (Phi) is 16.8. The van der Waals surface area contributed by atoms with Crippen LogP contribution in [0.1, 0.15) is 125 Å². The van der Waals surface area contributed by atoms with Crippen LogP contribution in [0.15, 0.2) is 101 Å². The predicted octanol–water partition coefficient (Wildman–Crippen LogP) is 7.76. The highest BCUT2D eigenvalue weighted by Crippen LogP contribution is 2.63. The van der Waals surface area contributed by atoms with Gasteiger partial charge in [0, 0.05) is 42.2 Å². The second-order valence-electron chi connectivity index (χ2n) is 20.2. The maximum Gasteiger partial charge on any atom is 0.243 e. The number of ketones is 1. The van der Waals surface area contributed by atoms with Crippen LogP contribution >= 0.6 is 21.6 Å². The van der Waals surface area contributed by atoms with Crippen molar-refractivity contribution in [1.29, 1.82) is 0 Å². The molecule has 12 heteroatoms. The summed E-state index contributed by atoms with van der Waals surface area (Å²) in [4.78, 5) is 28.5. The zero-order valence-corrected chi connectivity index (χ0v) is 41.4. The molecule has 4 heterocycles. The highest BCUT2D eigenvalue weighted by atomic mass is 33.1. The van der Waals surface area contributed by atoms with Crippen LogP contribution in [0.2, 0.25) is 0 Å². The molecule has 0 saturated heterocycles. The molecular formula is C56H71N3O7S2. The number of aryl methyl sites for hydroxylation is 1. The number of aliphatic hydroxyl groups is 4. The van der Waals surface area contributed by atoms with Crippen molar-refractivity contribution < 1.29 is 34.8 Å². The Balaban J connectivity index is 1.17. The van der Waals surface area contributed by atoms with Gasteiger partial charge in [0.2, 0.25) is 5.91 Å². The maximum absolute atomic E-state index is 14.9. The molecule has 0 radical (unpaired) electrons. The quantitative estimate of drug-likeness (QED) is 0.0846. The standard InChI is InChI=1S/C56H71N3O7S2/c1-35-9-4-11-37-12-7-17-44(34-68-67-28-25-37)66-33-41(16-5-10-35)46-24-27-56(52(46)63)48-22-21-42(60)30-39-14-6-13-38(29-39)19-20-43(61)32-58-51-50-40(15-8-18-47(50)53(57)59-54(51)64)31-49(62)36(2)45(48)23-26-55(56,3)65/h5-6,8,10-11,13-16,18,29,42-44,46,48,51-53,58,60-61,63,65H,1,4,9,12,19-28,30-34,57H2,2-3H3,(H,59,64). The predicted molar refractivity (Wildman–Crippen MR) is 273 cm³/mol. The van der Waals surface area contributed by atoms with Crippen molar-refractivity contribution in [3.8, 4) is 11.8 Å². The molecule has 2 aliphatic carbocycles. The molecule has 2 fully saturated rings. The minimum absolute atomic E-state index is 0.0118. The summed E-state index contributed by atoms with van der Waals surface area (Å²) in [6.45, 7) is 8.50. The van der Waals surface area contributed by atoms with Crippen LogP contribution in [0.4, 0.5) is 0 Å². The van der Waals surface area contributed by atoms with Crippen molar-refractivity contribution in [2.45, 2.75) is 146 Å². The van der Waals surface area contributed by atoms with Gasteiger partial charge in [-0.15, -0.1) is 0 Å². The van der Waals surface area contributed by atoms with Gasteiger partial charge in [-0.2, -0.15) is 0 Å². The number of amides is 1. The van der Waals surface area contributed by atoms with Gasteiger partial charge in [-0.3, -0.25) is 14.9 Å². The van der Waals surface area contributed by atoms with Gasteiger partial charge in [0.15, 0.2) is 5.78 Å². The molecule has 10 unspecified atom stereocenters. The highest BCUT2D eigenvalue weighted by molar-refractivity contribution is 8.76. The van der Waals surface area contributed by atoms with Gasteiger partial charge in [-0.1, -0.05) is 123 Å². The number of rotatable bonds is 1. The Labute approximate surface area is 411 Å². The first kappa shape index (κ1) is 50.6. The molecule has 364 valence electrons. The Hall–Kier alpha value is -3.74. The van der Waals surface area contributed by atoms with Gasteiger partial charge in [0.1, 0.15) is 18.3 Å². The van der Waals surface area contributed by atoms with Gasteiger partial charge in [-0.25, -0.2) is 0 Å². The number of nitrogens with two attached hydrogens (primary N) is 1. The van der Waals surface area contributed by atoms with Crippen molar-refractivity contribution >= 4 is 33.3 Å². The van der Waals surface area contributed by atoms with Crippen LogP contribution in [0, 0.1) is 29.1 Å². The number of carbonyl (C=O) groups excluding carboxylic acids is 2. The monoisotopic (exact) mass is 961 g/mol.